The number of furan rings is 1. The molecule has 10 aromatic carbocycles. The van der Waals surface area contributed by atoms with Crippen molar-refractivity contribution in [1.82, 2.24) is 0 Å². The van der Waals surface area contributed by atoms with Crippen LogP contribution in [0.4, 0.5) is 17.1 Å². The number of fused-ring (bicyclic) bond motifs is 14. The van der Waals surface area contributed by atoms with E-state index in [1.165, 1.54) is 66.4 Å². The molecule has 11 aromatic rings. The van der Waals surface area contributed by atoms with Crippen LogP contribution in [0.15, 0.2) is 229 Å². The second-order valence-electron chi connectivity index (χ2n) is 16.3. The first-order valence-corrected chi connectivity index (χ1v) is 21.1. The van der Waals surface area contributed by atoms with Gasteiger partial charge in [0.25, 0.3) is 0 Å². The summed E-state index contributed by atoms with van der Waals surface area (Å²) >= 11 is 0. The zero-order valence-corrected chi connectivity index (χ0v) is 33.2. The first kappa shape index (κ1) is 34.0. The summed E-state index contributed by atoms with van der Waals surface area (Å²) in [7, 11) is 0. The fourth-order valence-electron chi connectivity index (χ4n) is 10.8. The molecular weight excluding hydrogens is 739 g/mol. The molecule has 0 bridgehead atoms. The van der Waals surface area contributed by atoms with E-state index in [1.54, 1.807) is 0 Å². The molecule has 0 atom stereocenters. The summed E-state index contributed by atoms with van der Waals surface area (Å²) in [6.07, 6.45) is 0. The average Bonchev–Trinajstić information content (AvgIpc) is 3.96. The smallest absolute Gasteiger partial charge is 0.143 e. The summed E-state index contributed by atoms with van der Waals surface area (Å²) in [5, 5.41) is 4.64. The van der Waals surface area contributed by atoms with Crippen LogP contribution in [0.25, 0.3) is 77.2 Å². The van der Waals surface area contributed by atoms with Crippen LogP contribution in [0.5, 0.6) is 0 Å². The van der Waals surface area contributed by atoms with Gasteiger partial charge in [-0.05, 0) is 91.2 Å². The van der Waals surface area contributed by atoms with E-state index >= 15 is 0 Å². The van der Waals surface area contributed by atoms with Crippen LogP contribution >= 0.6 is 0 Å². The molecule has 1 spiro atoms. The van der Waals surface area contributed by atoms with Crippen molar-refractivity contribution in [2.45, 2.75) is 5.41 Å². The van der Waals surface area contributed by atoms with Gasteiger partial charge in [-0.1, -0.05) is 194 Å². The Bertz CT molecular complexity index is 3510. The molecule has 0 unspecified atom stereocenters. The molecule has 0 radical (unpaired) electrons. The molecule has 1 heterocycles. The fraction of sp³-hybridized carbons (Fsp3) is 0.0169. The summed E-state index contributed by atoms with van der Waals surface area (Å²) in [5.41, 5.74) is 19.6. The van der Waals surface area contributed by atoms with Crippen LogP contribution in [0.2, 0.25) is 0 Å². The van der Waals surface area contributed by atoms with Gasteiger partial charge in [0, 0.05) is 33.2 Å². The van der Waals surface area contributed by atoms with Crippen molar-refractivity contribution >= 4 is 49.8 Å². The molecule has 284 valence electrons. The summed E-state index contributed by atoms with van der Waals surface area (Å²) in [6.45, 7) is 0. The second-order valence-corrected chi connectivity index (χ2v) is 16.3. The Morgan fingerprint density at radius 1 is 0.344 bits per heavy atom. The Morgan fingerprint density at radius 2 is 0.902 bits per heavy atom. The average molecular weight is 776 g/mol. The van der Waals surface area contributed by atoms with Gasteiger partial charge >= 0.3 is 0 Å². The number of benzene rings is 10. The fourth-order valence-corrected chi connectivity index (χ4v) is 10.8. The number of nitrogens with zero attached hydrogens (tertiary/aromatic N) is 1. The normalized spacial score (nSPS) is 13.0. The Balaban J connectivity index is 1.12. The highest BCUT2D eigenvalue weighted by Crippen LogP contribution is 2.63. The summed E-state index contributed by atoms with van der Waals surface area (Å²) in [5.74, 6) is 0. The minimum absolute atomic E-state index is 0.421. The highest BCUT2D eigenvalue weighted by molar-refractivity contribution is 6.12. The standard InChI is InChI=1S/C59H37NO/c1-2-18-39(19-3-1)57-41-20-5-4-17-38(41)33-36-55(57)60(54-31-14-9-24-45(54)47-26-16-27-48-46-25-10-15-32-56(46)61-58(47)48)40-34-35-53-49(37-40)44-23-8-13-30-52(44)59(53)50-28-11-6-21-42(50)43-22-7-12-29-51(43)59/h1-37H. The van der Waals surface area contributed by atoms with Gasteiger partial charge in [0.05, 0.1) is 16.8 Å². The number of anilines is 3. The predicted octanol–water partition coefficient (Wildman–Crippen LogP) is 15.9. The first-order chi connectivity index (χ1) is 30.3. The van der Waals surface area contributed by atoms with Crippen LogP contribution < -0.4 is 4.90 Å². The molecule has 0 fully saturated rings. The highest BCUT2D eigenvalue weighted by Gasteiger charge is 2.51. The maximum absolute atomic E-state index is 6.73. The monoisotopic (exact) mass is 775 g/mol. The lowest BCUT2D eigenvalue weighted by Crippen LogP contribution is -2.25. The maximum Gasteiger partial charge on any atom is 0.143 e. The van der Waals surface area contributed by atoms with Crippen molar-refractivity contribution < 1.29 is 4.42 Å². The van der Waals surface area contributed by atoms with Crippen molar-refractivity contribution in [2.75, 3.05) is 4.90 Å². The third kappa shape index (κ3) is 4.73. The SMILES string of the molecule is c1ccc(-c2c(N(c3ccc4c(c3)-c3ccccc3C43c4ccccc4-c4ccccc43)c3ccccc3-c3cccc4c3oc3ccccc34)ccc3ccccc23)cc1. The number of rotatable bonds is 5. The molecule has 0 N–H and O–H groups in total. The predicted molar refractivity (Wildman–Crippen MR) is 253 cm³/mol. The number of para-hydroxylation sites is 3. The van der Waals surface area contributed by atoms with E-state index in [0.29, 0.717) is 0 Å². The topological polar surface area (TPSA) is 16.4 Å². The van der Waals surface area contributed by atoms with Crippen molar-refractivity contribution in [3.05, 3.63) is 247 Å². The van der Waals surface area contributed by atoms with Crippen LogP contribution in [0.3, 0.4) is 0 Å². The Labute approximate surface area is 354 Å². The molecule has 61 heavy (non-hydrogen) atoms. The van der Waals surface area contributed by atoms with E-state index in [4.69, 9.17) is 4.42 Å². The van der Waals surface area contributed by atoms with Crippen molar-refractivity contribution in [3.8, 4) is 44.5 Å². The van der Waals surface area contributed by atoms with Gasteiger partial charge in [0.1, 0.15) is 11.2 Å². The summed E-state index contributed by atoms with van der Waals surface area (Å²) < 4.78 is 6.73. The van der Waals surface area contributed by atoms with E-state index in [-0.39, 0.29) is 0 Å². The maximum atomic E-state index is 6.73. The van der Waals surface area contributed by atoms with Gasteiger partial charge in [-0.25, -0.2) is 0 Å². The third-order valence-corrected chi connectivity index (χ3v) is 13.3. The minimum atomic E-state index is -0.421. The zero-order chi connectivity index (χ0) is 40.1. The lowest BCUT2D eigenvalue weighted by molar-refractivity contribution is 0.670. The van der Waals surface area contributed by atoms with E-state index in [2.05, 4.69) is 223 Å². The molecule has 2 heteroatoms. The molecule has 1 aromatic heterocycles. The third-order valence-electron chi connectivity index (χ3n) is 13.3. The number of hydrogen-bond acceptors (Lipinski definition) is 2. The largest absolute Gasteiger partial charge is 0.455 e. The molecule has 13 rings (SSSR count). The Morgan fingerprint density at radius 3 is 1.66 bits per heavy atom. The molecule has 2 nitrogen and oxygen atoms in total. The highest BCUT2D eigenvalue weighted by atomic mass is 16.3. The second kappa shape index (κ2) is 13.0. The summed E-state index contributed by atoms with van der Waals surface area (Å²) in [4.78, 5) is 2.50. The van der Waals surface area contributed by atoms with E-state index in [9.17, 15) is 0 Å². The molecular formula is C59H37NO. The first-order valence-electron chi connectivity index (χ1n) is 21.1. The van der Waals surface area contributed by atoms with Crippen LogP contribution in [-0.2, 0) is 5.41 Å². The van der Waals surface area contributed by atoms with Crippen LogP contribution in [0.1, 0.15) is 22.3 Å². The molecule has 0 saturated heterocycles. The van der Waals surface area contributed by atoms with Crippen molar-refractivity contribution in [2.24, 2.45) is 0 Å². The van der Waals surface area contributed by atoms with E-state index in [0.717, 1.165) is 50.1 Å². The molecule has 0 aliphatic heterocycles. The number of hydrogen-bond donors (Lipinski definition) is 0. The lowest BCUT2D eigenvalue weighted by atomic mass is 9.70. The van der Waals surface area contributed by atoms with Crippen LogP contribution in [0, 0.1) is 0 Å². The van der Waals surface area contributed by atoms with Gasteiger partial charge in [0.2, 0.25) is 0 Å². The van der Waals surface area contributed by atoms with E-state index in [1.807, 2.05) is 6.07 Å². The van der Waals surface area contributed by atoms with E-state index < -0.39 is 5.41 Å². The van der Waals surface area contributed by atoms with Gasteiger partial charge in [-0.2, -0.15) is 0 Å². The molecule has 0 amide bonds. The molecule has 0 saturated carbocycles. The molecule has 2 aliphatic rings. The Hall–Kier alpha value is -7.94. The van der Waals surface area contributed by atoms with Crippen molar-refractivity contribution in [3.63, 3.8) is 0 Å². The van der Waals surface area contributed by atoms with Gasteiger partial charge < -0.3 is 9.32 Å². The van der Waals surface area contributed by atoms with Gasteiger partial charge in [-0.3, -0.25) is 0 Å². The van der Waals surface area contributed by atoms with Crippen molar-refractivity contribution in [1.29, 1.82) is 0 Å². The Kier molecular flexibility index (Phi) is 7.26. The zero-order valence-electron chi connectivity index (χ0n) is 33.2. The van der Waals surface area contributed by atoms with Gasteiger partial charge in [-0.15, -0.1) is 0 Å². The lowest BCUT2D eigenvalue weighted by Gasteiger charge is -2.32. The quantitative estimate of drug-likeness (QED) is 0.173. The van der Waals surface area contributed by atoms with Gasteiger partial charge in [0.15, 0.2) is 0 Å². The molecule has 2 aliphatic carbocycles. The summed E-state index contributed by atoms with van der Waals surface area (Å²) in [6, 6.07) is 82.3. The van der Waals surface area contributed by atoms with Crippen LogP contribution in [-0.4, -0.2) is 0 Å². The minimum Gasteiger partial charge on any atom is -0.455 e.